The number of hydrogen-bond donors (Lipinski definition) is 0. The van der Waals surface area contributed by atoms with Gasteiger partial charge in [-0.1, -0.05) is 60.9 Å². The summed E-state index contributed by atoms with van der Waals surface area (Å²) in [6, 6.07) is 10.9. The molecule has 0 unspecified atom stereocenters. The molecular weight excluding hydrogens is 488 g/mol. The van der Waals surface area contributed by atoms with Gasteiger partial charge >= 0.3 is 17.9 Å². The van der Waals surface area contributed by atoms with Crippen molar-refractivity contribution in [3.05, 3.63) is 120 Å². The van der Waals surface area contributed by atoms with Crippen LogP contribution in [-0.2, 0) is 32.4 Å². The Morgan fingerprint density at radius 2 is 1.06 bits per heavy atom. The molecule has 36 heavy (non-hydrogen) atoms. The largest absolute Gasteiger partial charge is 0.386 e. The molecule has 6 nitrogen and oxygen atoms in total. The molecule has 0 spiro atoms. The van der Waals surface area contributed by atoms with Crippen LogP contribution >= 0.6 is 0 Å². The van der Waals surface area contributed by atoms with Crippen molar-refractivity contribution in [1.82, 2.24) is 0 Å². The topological polar surface area (TPSA) is 71.1 Å². The molecule has 0 N–H and O–H groups in total. The molecule has 0 aliphatic heterocycles. The predicted molar refractivity (Wildman–Crippen MR) is 148 cm³/mol. The van der Waals surface area contributed by atoms with Gasteiger partial charge in [-0.2, -0.15) is 0 Å². The zero-order chi connectivity index (χ0) is 26.7. The average molecular weight is 521 g/mol. The molecule has 0 fully saturated rings. The van der Waals surface area contributed by atoms with Gasteiger partial charge in [0.1, 0.15) is 17.6 Å². The van der Waals surface area contributed by atoms with Crippen LogP contribution in [0.15, 0.2) is 98.0 Å². The first-order valence-corrected chi connectivity index (χ1v) is 15.4. The summed E-state index contributed by atoms with van der Waals surface area (Å²) in [5, 5.41) is 1.63. The summed E-state index contributed by atoms with van der Waals surface area (Å²) in [7, 11) is -3.57. The van der Waals surface area contributed by atoms with Crippen LogP contribution in [0.2, 0.25) is 0 Å². The van der Waals surface area contributed by atoms with E-state index in [0.717, 1.165) is 34.3 Å². The highest BCUT2D eigenvalue weighted by Crippen LogP contribution is 2.12. The van der Waals surface area contributed by atoms with E-state index in [1.165, 1.54) is 0 Å². The Balaban J connectivity index is 2.07. The summed E-state index contributed by atoms with van der Waals surface area (Å²) in [6.07, 6.45) is 1.63. The lowest BCUT2D eigenvalue weighted by atomic mass is 10.1. The quantitative estimate of drug-likeness (QED) is 0.163. The van der Waals surface area contributed by atoms with E-state index in [-0.39, 0.29) is 0 Å². The van der Waals surface area contributed by atoms with Gasteiger partial charge in [0.25, 0.3) is 0 Å². The van der Waals surface area contributed by atoms with E-state index in [1.54, 1.807) is 12.1 Å². The zero-order valence-corrected chi connectivity index (χ0v) is 23.1. The Morgan fingerprint density at radius 3 is 1.36 bits per heavy atom. The van der Waals surface area contributed by atoms with Crippen molar-refractivity contribution in [2.45, 2.75) is 26.7 Å². The van der Waals surface area contributed by atoms with E-state index in [0.29, 0.717) is 11.1 Å². The van der Waals surface area contributed by atoms with Crippen LogP contribution in [-0.4, -0.2) is 29.5 Å². The third kappa shape index (κ3) is 7.06. The SMILES string of the molecule is C=C[SiH](C=C)c1cc(CC)ccc1C(=O)OOC(=C)OOC(=O)c1ccc(CC)cc1[SiH](C=C)C=C. The summed E-state index contributed by atoms with van der Waals surface area (Å²) in [5.74, 6) is -2.00. The van der Waals surface area contributed by atoms with Gasteiger partial charge in [0.2, 0.25) is 0 Å². The first-order valence-electron chi connectivity index (χ1n) is 11.6. The van der Waals surface area contributed by atoms with Crippen molar-refractivity contribution in [2.75, 3.05) is 0 Å². The van der Waals surface area contributed by atoms with Crippen molar-refractivity contribution in [3.8, 4) is 0 Å². The molecule has 0 amide bonds. The maximum Gasteiger partial charge on any atom is 0.386 e. The van der Waals surface area contributed by atoms with Gasteiger partial charge in [0.05, 0.1) is 11.1 Å². The molecule has 2 rings (SSSR count). The van der Waals surface area contributed by atoms with Crippen LogP contribution < -0.4 is 10.4 Å². The third-order valence-corrected chi connectivity index (χ3v) is 10.1. The smallest absolute Gasteiger partial charge is 0.243 e. The van der Waals surface area contributed by atoms with E-state index in [9.17, 15) is 9.59 Å². The molecule has 0 radical (unpaired) electrons. The van der Waals surface area contributed by atoms with Gasteiger partial charge in [-0.05, 0) is 53.1 Å². The first-order chi connectivity index (χ1) is 17.3. The molecule has 0 saturated carbocycles. The van der Waals surface area contributed by atoms with Crippen LogP contribution in [0.3, 0.4) is 0 Å². The van der Waals surface area contributed by atoms with Crippen LogP contribution in [0, 0.1) is 0 Å². The molecule has 0 saturated heterocycles. The van der Waals surface area contributed by atoms with Crippen molar-refractivity contribution in [1.29, 1.82) is 0 Å². The van der Waals surface area contributed by atoms with Gasteiger partial charge in [-0.15, -0.1) is 26.3 Å². The fourth-order valence-corrected chi connectivity index (χ4v) is 6.92. The van der Waals surface area contributed by atoms with E-state index in [4.69, 9.17) is 19.6 Å². The normalized spacial score (nSPS) is 10.3. The van der Waals surface area contributed by atoms with Gasteiger partial charge in [-0.3, -0.25) is 0 Å². The number of carbonyl (C=O) groups excluding carboxylic acids is 2. The number of aryl methyl sites for hydroxylation is 2. The minimum atomic E-state index is -1.79. The Kier molecular flexibility index (Phi) is 10.9. The molecule has 0 aliphatic carbocycles. The number of benzene rings is 2. The van der Waals surface area contributed by atoms with E-state index < -0.39 is 35.5 Å². The molecule has 188 valence electrons. The summed E-state index contributed by atoms with van der Waals surface area (Å²) in [6.45, 7) is 23.0. The highest BCUT2D eigenvalue weighted by molar-refractivity contribution is 6.83. The second-order valence-corrected chi connectivity index (χ2v) is 13.1. The van der Waals surface area contributed by atoms with Crippen LogP contribution in [0.4, 0.5) is 0 Å². The second kappa shape index (κ2) is 13.9. The highest BCUT2D eigenvalue weighted by atomic mass is 28.3. The molecule has 0 aromatic heterocycles. The van der Waals surface area contributed by atoms with Crippen LogP contribution in [0.1, 0.15) is 45.7 Å². The fraction of sp³-hybridized carbons (Fsp3) is 0.143. The Hall–Kier alpha value is -3.89. The minimum Gasteiger partial charge on any atom is -0.243 e. The maximum atomic E-state index is 12.7. The predicted octanol–water partition coefficient (Wildman–Crippen LogP) is 3.93. The van der Waals surface area contributed by atoms with Crippen LogP contribution in [0.5, 0.6) is 0 Å². The molecule has 0 heterocycles. The lowest BCUT2D eigenvalue weighted by Crippen LogP contribution is -2.33. The number of rotatable bonds is 14. The molecule has 0 aliphatic rings. The summed E-state index contributed by atoms with van der Waals surface area (Å²) < 4.78 is 0. The van der Waals surface area contributed by atoms with Crippen molar-refractivity contribution in [2.24, 2.45) is 0 Å². The Labute approximate surface area is 215 Å². The van der Waals surface area contributed by atoms with Crippen molar-refractivity contribution >= 4 is 39.9 Å². The van der Waals surface area contributed by atoms with Crippen LogP contribution in [0.25, 0.3) is 0 Å². The fourth-order valence-electron chi connectivity index (χ4n) is 3.56. The molecule has 2 aromatic rings. The average Bonchev–Trinajstić information content (AvgIpc) is 2.91. The molecule has 0 atom stereocenters. The summed E-state index contributed by atoms with van der Waals surface area (Å²) in [5.41, 5.74) is 10.1. The molecule has 8 heteroatoms. The van der Waals surface area contributed by atoms with E-state index in [1.807, 2.05) is 60.9 Å². The molecule has 0 bridgehead atoms. The molecular formula is C28H32O6Si2. The lowest BCUT2D eigenvalue weighted by Gasteiger charge is -2.14. The van der Waals surface area contributed by atoms with Gasteiger partial charge in [-0.25, -0.2) is 29.1 Å². The van der Waals surface area contributed by atoms with E-state index >= 15 is 0 Å². The number of hydrogen-bond acceptors (Lipinski definition) is 6. The summed E-state index contributed by atoms with van der Waals surface area (Å²) in [4.78, 5) is 44.9. The van der Waals surface area contributed by atoms with Crippen molar-refractivity contribution < 1.29 is 29.1 Å². The maximum absolute atomic E-state index is 12.7. The Bertz CT molecular complexity index is 1070. The van der Waals surface area contributed by atoms with Gasteiger partial charge in [0, 0.05) is 0 Å². The van der Waals surface area contributed by atoms with Gasteiger partial charge < -0.3 is 0 Å². The zero-order valence-electron chi connectivity index (χ0n) is 20.8. The second-order valence-electron chi connectivity index (χ2n) is 7.82. The number of carbonyl (C=O) groups is 2. The standard InChI is InChI=1S/C28H32O6Si2/c1-8-21-14-16-23(25(18-21)35(10-3)11-4)27(29)33-31-20(7)32-34-28(30)24-17-15-22(9-2)19-26(24)36(12-5)13-6/h10-19,35-36H,3-9H2,1-2H3. The Morgan fingerprint density at radius 1 is 0.694 bits per heavy atom. The van der Waals surface area contributed by atoms with Crippen molar-refractivity contribution in [3.63, 3.8) is 0 Å². The summed E-state index contributed by atoms with van der Waals surface area (Å²) >= 11 is 0. The minimum absolute atomic E-state index is 0.332. The highest BCUT2D eigenvalue weighted by Gasteiger charge is 2.22. The molecule has 2 aromatic carbocycles. The van der Waals surface area contributed by atoms with E-state index in [2.05, 4.69) is 32.9 Å². The third-order valence-electron chi connectivity index (χ3n) is 5.64. The lowest BCUT2D eigenvalue weighted by molar-refractivity contribution is -0.317. The monoisotopic (exact) mass is 520 g/mol. The van der Waals surface area contributed by atoms with Gasteiger partial charge in [0.15, 0.2) is 0 Å². The first kappa shape index (κ1) is 28.4.